The van der Waals surface area contributed by atoms with E-state index in [9.17, 15) is 19.8 Å². The quantitative estimate of drug-likeness (QED) is 0.458. The summed E-state index contributed by atoms with van der Waals surface area (Å²) in [6, 6.07) is 15.1. The van der Waals surface area contributed by atoms with Crippen LogP contribution in [0.2, 0.25) is 0 Å². The zero-order valence-corrected chi connectivity index (χ0v) is 16.8. The van der Waals surface area contributed by atoms with Gasteiger partial charge in [-0.05, 0) is 30.7 Å². The summed E-state index contributed by atoms with van der Waals surface area (Å²) in [7, 11) is 1.60. The van der Waals surface area contributed by atoms with Crippen molar-refractivity contribution in [3.8, 4) is 17.2 Å². The first-order valence-electron chi connectivity index (χ1n) is 9.47. The Hall–Kier alpha value is -3.74. The first kappa shape index (κ1) is 21.0. The van der Waals surface area contributed by atoms with Crippen molar-refractivity contribution in [1.29, 1.82) is 0 Å². The minimum Gasteiger partial charge on any atom is -0.507 e. The van der Waals surface area contributed by atoms with E-state index in [-0.39, 0.29) is 17.1 Å². The maximum atomic E-state index is 12.4. The van der Waals surface area contributed by atoms with E-state index in [1.165, 1.54) is 4.90 Å². The zero-order chi connectivity index (χ0) is 21.7. The number of carbonyl (C=O) groups excluding carboxylic acids is 2. The Bertz CT molecular complexity index is 1060. The summed E-state index contributed by atoms with van der Waals surface area (Å²) in [5.74, 6) is -1.00. The van der Waals surface area contributed by atoms with Crippen molar-refractivity contribution in [1.82, 2.24) is 4.90 Å². The first-order valence-corrected chi connectivity index (χ1v) is 9.47. The predicted octanol–water partition coefficient (Wildman–Crippen LogP) is 3.47. The minimum absolute atomic E-state index is 0.158. The number of rotatable bonds is 7. The lowest BCUT2D eigenvalue weighted by Gasteiger charge is -2.18. The monoisotopic (exact) mass is 409 g/mol. The number of esters is 1. The van der Waals surface area contributed by atoms with E-state index in [0.717, 1.165) is 17.4 Å². The van der Waals surface area contributed by atoms with Crippen LogP contribution in [0.3, 0.4) is 0 Å². The number of likely N-dealkylation sites (N-methyl/N-ethyl adjacent to an activating group) is 1. The Labute approximate surface area is 174 Å². The molecule has 0 saturated carbocycles. The van der Waals surface area contributed by atoms with Crippen LogP contribution in [-0.2, 0) is 16.1 Å². The molecule has 0 aliphatic carbocycles. The zero-order valence-electron chi connectivity index (χ0n) is 16.8. The van der Waals surface area contributed by atoms with Crippen LogP contribution in [0.25, 0.3) is 10.8 Å². The van der Waals surface area contributed by atoms with Crippen LogP contribution in [0.4, 0.5) is 0 Å². The Morgan fingerprint density at radius 1 is 1.00 bits per heavy atom. The molecule has 0 heterocycles. The van der Waals surface area contributed by atoms with E-state index in [0.29, 0.717) is 23.9 Å². The molecular formula is C23H23NO6. The van der Waals surface area contributed by atoms with Gasteiger partial charge in [0, 0.05) is 24.4 Å². The fourth-order valence-corrected chi connectivity index (χ4v) is 3.03. The third kappa shape index (κ3) is 4.63. The van der Waals surface area contributed by atoms with Gasteiger partial charge in [-0.25, -0.2) is 4.79 Å². The molecule has 2 N–H and O–H groups in total. The third-order valence-corrected chi connectivity index (χ3v) is 4.62. The SMILES string of the molecule is CCOc1ccc(CN(C)C(=O)COC(=O)c2cc(O)c3ccccc3c2O)cc1. The van der Waals surface area contributed by atoms with Crippen LogP contribution in [0, 0.1) is 0 Å². The van der Waals surface area contributed by atoms with Crippen LogP contribution in [0.1, 0.15) is 22.8 Å². The molecule has 3 rings (SSSR count). The van der Waals surface area contributed by atoms with Crippen molar-refractivity contribution >= 4 is 22.6 Å². The number of hydrogen-bond acceptors (Lipinski definition) is 6. The Balaban J connectivity index is 1.62. The van der Waals surface area contributed by atoms with Crippen LogP contribution in [0.15, 0.2) is 54.6 Å². The highest BCUT2D eigenvalue weighted by molar-refractivity contribution is 6.04. The van der Waals surface area contributed by atoms with Gasteiger partial charge in [0.15, 0.2) is 6.61 Å². The average Bonchev–Trinajstić information content (AvgIpc) is 2.75. The van der Waals surface area contributed by atoms with Gasteiger partial charge in [-0.2, -0.15) is 0 Å². The molecule has 0 aliphatic rings. The highest BCUT2D eigenvalue weighted by Gasteiger charge is 2.20. The van der Waals surface area contributed by atoms with E-state index in [4.69, 9.17) is 9.47 Å². The highest BCUT2D eigenvalue weighted by atomic mass is 16.5. The molecule has 156 valence electrons. The van der Waals surface area contributed by atoms with Crippen molar-refractivity contribution in [2.75, 3.05) is 20.3 Å². The molecule has 3 aromatic carbocycles. The number of fused-ring (bicyclic) bond motifs is 1. The topological polar surface area (TPSA) is 96.3 Å². The molecule has 0 fully saturated rings. The van der Waals surface area contributed by atoms with E-state index < -0.39 is 18.5 Å². The summed E-state index contributed by atoms with van der Waals surface area (Å²) in [5.41, 5.74) is 0.700. The molecule has 7 nitrogen and oxygen atoms in total. The lowest BCUT2D eigenvalue weighted by molar-refractivity contribution is -0.133. The molecule has 0 radical (unpaired) electrons. The highest BCUT2D eigenvalue weighted by Crippen LogP contribution is 2.35. The smallest absolute Gasteiger partial charge is 0.342 e. The normalized spacial score (nSPS) is 10.6. The number of ether oxygens (including phenoxy) is 2. The number of phenolic OH excluding ortho intramolecular Hbond substituents is 2. The molecule has 1 amide bonds. The van der Waals surface area contributed by atoms with Gasteiger partial charge in [-0.3, -0.25) is 4.79 Å². The van der Waals surface area contributed by atoms with Gasteiger partial charge in [0.2, 0.25) is 0 Å². The molecule has 0 spiro atoms. The van der Waals surface area contributed by atoms with Gasteiger partial charge in [-0.15, -0.1) is 0 Å². The maximum Gasteiger partial charge on any atom is 0.342 e. The number of nitrogens with zero attached hydrogens (tertiary/aromatic N) is 1. The van der Waals surface area contributed by atoms with Gasteiger partial charge in [-0.1, -0.05) is 36.4 Å². The fourth-order valence-electron chi connectivity index (χ4n) is 3.03. The number of phenols is 2. The van der Waals surface area contributed by atoms with Gasteiger partial charge in [0.25, 0.3) is 5.91 Å². The predicted molar refractivity (Wildman–Crippen MR) is 112 cm³/mol. The number of carbonyl (C=O) groups is 2. The average molecular weight is 409 g/mol. The lowest BCUT2D eigenvalue weighted by Crippen LogP contribution is -2.30. The number of amides is 1. The van der Waals surface area contributed by atoms with E-state index in [2.05, 4.69) is 0 Å². The molecule has 0 bridgehead atoms. The standard InChI is InChI=1S/C23H23NO6/c1-3-29-16-10-8-15(9-11-16)13-24(2)21(26)14-30-23(28)19-12-20(25)17-6-4-5-7-18(17)22(19)27/h4-12,25,27H,3,13-14H2,1-2H3. The molecular weight excluding hydrogens is 386 g/mol. The lowest BCUT2D eigenvalue weighted by atomic mass is 10.0. The second-order valence-corrected chi connectivity index (χ2v) is 6.74. The van der Waals surface area contributed by atoms with Crippen LogP contribution in [0.5, 0.6) is 17.2 Å². The van der Waals surface area contributed by atoms with Crippen molar-refractivity contribution in [3.63, 3.8) is 0 Å². The van der Waals surface area contributed by atoms with Crippen LogP contribution < -0.4 is 4.74 Å². The van der Waals surface area contributed by atoms with E-state index in [1.54, 1.807) is 31.3 Å². The number of benzene rings is 3. The molecule has 0 aromatic heterocycles. The summed E-state index contributed by atoms with van der Waals surface area (Å²) in [6.45, 7) is 2.33. The van der Waals surface area contributed by atoms with Gasteiger partial charge < -0.3 is 24.6 Å². The first-order chi connectivity index (χ1) is 14.4. The maximum absolute atomic E-state index is 12.4. The fraction of sp³-hybridized carbons (Fsp3) is 0.217. The van der Waals surface area contributed by atoms with Crippen molar-refractivity contribution in [3.05, 3.63) is 65.7 Å². The number of aromatic hydroxyl groups is 2. The summed E-state index contributed by atoms with van der Waals surface area (Å²) >= 11 is 0. The largest absolute Gasteiger partial charge is 0.507 e. The van der Waals surface area contributed by atoms with Gasteiger partial charge >= 0.3 is 5.97 Å². The molecule has 3 aromatic rings. The van der Waals surface area contributed by atoms with Crippen molar-refractivity contribution in [2.45, 2.75) is 13.5 Å². The second-order valence-electron chi connectivity index (χ2n) is 6.74. The summed E-state index contributed by atoms with van der Waals surface area (Å²) in [4.78, 5) is 26.1. The second kappa shape index (κ2) is 9.17. The van der Waals surface area contributed by atoms with Crippen LogP contribution in [-0.4, -0.2) is 47.3 Å². The molecule has 0 atom stereocenters. The summed E-state index contributed by atoms with van der Waals surface area (Å²) in [6.07, 6.45) is 0. The Morgan fingerprint density at radius 3 is 2.33 bits per heavy atom. The molecule has 7 heteroatoms. The molecule has 0 aliphatic heterocycles. The summed E-state index contributed by atoms with van der Waals surface area (Å²) in [5, 5.41) is 21.2. The molecule has 0 saturated heterocycles. The Morgan fingerprint density at radius 2 is 1.67 bits per heavy atom. The molecule has 30 heavy (non-hydrogen) atoms. The van der Waals surface area contributed by atoms with Crippen LogP contribution >= 0.6 is 0 Å². The van der Waals surface area contributed by atoms with Crippen molar-refractivity contribution in [2.24, 2.45) is 0 Å². The van der Waals surface area contributed by atoms with Gasteiger partial charge in [0.1, 0.15) is 22.8 Å². The number of hydrogen-bond donors (Lipinski definition) is 2. The molecule has 0 unspecified atom stereocenters. The van der Waals surface area contributed by atoms with Crippen molar-refractivity contribution < 1.29 is 29.3 Å². The minimum atomic E-state index is -0.892. The van der Waals surface area contributed by atoms with E-state index >= 15 is 0 Å². The summed E-state index contributed by atoms with van der Waals surface area (Å²) < 4.78 is 10.5. The van der Waals surface area contributed by atoms with Gasteiger partial charge in [0.05, 0.1) is 6.61 Å². The van der Waals surface area contributed by atoms with E-state index in [1.807, 2.05) is 31.2 Å². The Kier molecular flexibility index (Phi) is 6.41. The third-order valence-electron chi connectivity index (χ3n) is 4.62.